The molecule has 6 nitrogen and oxygen atoms in total. The van der Waals surface area contributed by atoms with Crippen molar-refractivity contribution in [1.82, 2.24) is 15.5 Å². The SMILES string of the molecule is O=C(CSc1nncc2ccccc12)NC1CCS(=O)(=O)C1. The molecule has 2 aromatic rings. The number of carbonyl (C=O) groups excluding carboxylic acids is 1. The number of sulfone groups is 1. The van der Waals surface area contributed by atoms with Crippen molar-refractivity contribution < 1.29 is 13.2 Å². The fourth-order valence-electron chi connectivity index (χ4n) is 2.42. The van der Waals surface area contributed by atoms with E-state index in [0.29, 0.717) is 11.4 Å². The highest BCUT2D eigenvalue weighted by molar-refractivity contribution is 8.00. The predicted molar refractivity (Wildman–Crippen MR) is 85.5 cm³/mol. The molecule has 0 bridgehead atoms. The van der Waals surface area contributed by atoms with E-state index in [4.69, 9.17) is 0 Å². The molecular weight excluding hydrogens is 322 g/mol. The molecule has 1 aliphatic rings. The van der Waals surface area contributed by atoms with E-state index in [0.717, 1.165) is 10.8 Å². The van der Waals surface area contributed by atoms with Crippen LogP contribution in [0.15, 0.2) is 35.5 Å². The number of amides is 1. The molecule has 1 amide bonds. The largest absolute Gasteiger partial charge is 0.352 e. The van der Waals surface area contributed by atoms with E-state index in [1.807, 2.05) is 24.3 Å². The van der Waals surface area contributed by atoms with Crippen LogP contribution in [0.5, 0.6) is 0 Å². The first-order valence-corrected chi connectivity index (χ1v) is 9.67. The highest BCUT2D eigenvalue weighted by Crippen LogP contribution is 2.24. The van der Waals surface area contributed by atoms with Gasteiger partial charge < -0.3 is 5.32 Å². The highest BCUT2D eigenvalue weighted by atomic mass is 32.2. The molecule has 1 aliphatic heterocycles. The van der Waals surface area contributed by atoms with Gasteiger partial charge in [-0.05, 0) is 6.42 Å². The lowest BCUT2D eigenvalue weighted by Crippen LogP contribution is -2.36. The minimum absolute atomic E-state index is 0.0392. The molecule has 1 saturated heterocycles. The van der Waals surface area contributed by atoms with Gasteiger partial charge in [-0.1, -0.05) is 36.0 Å². The second-order valence-electron chi connectivity index (χ2n) is 5.19. The van der Waals surface area contributed by atoms with Gasteiger partial charge in [-0.25, -0.2) is 8.42 Å². The maximum absolute atomic E-state index is 11.9. The Morgan fingerprint density at radius 3 is 2.95 bits per heavy atom. The number of fused-ring (bicyclic) bond motifs is 1. The molecule has 2 heterocycles. The number of aromatic nitrogens is 2. The minimum Gasteiger partial charge on any atom is -0.352 e. The first-order chi connectivity index (χ1) is 10.5. The summed E-state index contributed by atoms with van der Waals surface area (Å²) in [6.07, 6.45) is 2.18. The van der Waals surface area contributed by atoms with Crippen molar-refractivity contribution in [3.8, 4) is 0 Å². The van der Waals surface area contributed by atoms with Crippen molar-refractivity contribution in [2.45, 2.75) is 17.5 Å². The van der Waals surface area contributed by atoms with Gasteiger partial charge in [0, 0.05) is 16.8 Å². The Balaban J connectivity index is 1.61. The van der Waals surface area contributed by atoms with E-state index in [9.17, 15) is 13.2 Å². The lowest BCUT2D eigenvalue weighted by molar-refractivity contribution is -0.119. The van der Waals surface area contributed by atoms with Crippen molar-refractivity contribution in [3.05, 3.63) is 30.5 Å². The molecule has 1 atom stereocenters. The Hall–Kier alpha value is -1.67. The summed E-state index contributed by atoms with van der Waals surface area (Å²) in [5.74, 6) is 0.207. The normalized spacial score (nSPS) is 20.1. The van der Waals surface area contributed by atoms with Crippen molar-refractivity contribution in [2.75, 3.05) is 17.3 Å². The second-order valence-corrected chi connectivity index (χ2v) is 8.39. The number of rotatable bonds is 4. The van der Waals surface area contributed by atoms with Crippen LogP contribution >= 0.6 is 11.8 Å². The fourth-order valence-corrected chi connectivity index (χ4v) is 4.89. The van der Waals surface area contributed by atoms with Crippen LogP contribution in [0.2, 0.25) is 0 Å². The van der Waals surface area contributed by atoms with E-state index in [1.54, 1.807) is 6.20 Å². The summed E-state index contributed by atoms with van der Waals surface area (Å²) >= 11 is 1.31. The molecule has 1 fully saturated rings. The summed E-state index contributed by atoms with van der Waals surface area (Å²) < 4.78 is 22.7. The van der Waals surface area contributed by atoms with Gasteiger partial charge in [0.1, 0.15) is 5.03 Å². The van der Waals surface area contributed by atoms with E-state index >= 15 is 0 Å². The zero-order valence-corrected chi connectivity index (χ0v) is 13.4. The topological polar surface area (TPSA) is 89.0 Å². The van der Waals surface area contributed by atoms with Crippen molar-refractivity contribution in [3.63, 3.8) is 0 Å². The lowest BCUT2D eigenvalue weighted by Gasteiger charge is -2.10. The third-order valence-electron chi connectivity index (χ3n) is 3.47. The van der Waals surface area contributed by atoms with E-state index in [2.05, 4.69) is 15.5 Å². The van der Waals surface area contributed by atoms with Crippen LogP contribution in [0.4, 0.5) is 0 Å². The highest BCUT2D eigenvalue weighted by Gasteiger charge is 2.28. The quantitative estimate of drug-likeness (QED) is 0.838. The molecule has 0 aliphatic carbocycles. The molecule has 0 saturated carbocycles. The maximum atomic E-state index is 11.9. The third-order valence-corrected chi connectivity index (χ3v) is 6.22. The van der Waals surface area contributed by atoms with Crippen LogP contribution in [-0.2, 0) is 14.6 Å². The van der Waals surface area contributed by atoms with E-state index < -0.39 is 9.84 Å². The Morgan fingerprint density at radius 2 is 2.18 bits per heavy atom. The van der Waals surface area contributed by atoms with E-state index in [-0.39, 0.29) is 29.2 Å². The van der Waals surface area contributed by atoms with Crippen molar-refractivity contribution in [2.24, 2.45) is 0 Å². The minimum atomic E-state index is -2.98. The summed E-state index contributed by atoms with van der Waals surface area (Å²) in [5, 5.41) is 13.4. The van der Waals surface area contributed by atoms with E-state index in [1.165, 1.54) is 11.8 Å². The standard InChI is InChI=1S/C14H15N3O3S2/c18-13(16-11-5-6-22(19,20)9-11)8-21-14-12-4-2-1-3-10(12)7-15-17-14/h1-4,7,11H,5-6,8-9H2,(H,16,18). The van der Waals surface area contributed by atoms with Crippen LogP contribution < -0.4 is 5.32 Å². The van der Waals surface area contributed by atoms with Crippen LogP contribution in [-0.4, -0.2) is 47.8 Å². The number of benzene rings is 1. The Bertz CT molecular complexity index is 803. The Kier molecular flexibility index (Phi) is 4.30. The summed E-state index contributed by atoms with van der Waals surface area (Å²) in [6.45, 7) is 0. The zero-order valence-electron chi connectivity index (χ0n) is 11.7. The van der Waals surface area contributed by atoms with Gasteiger partial charge in [0.15, 0.2) is 9.84 Å². The van der Waals surface area contributed by atoms with Crippen LogP contribution in [0.25, 0.3) is 10.8 Å². The summed E-state index contributed by atoms with van der Waals surface area (Å²) in [6, 6.07) is 7.45. The van der Waals surface area contributed by atoms with Crippen LogP contribution in [0, 0.1) is 0 Å². The second kappa shape index (κ2) is 6.21. The Morgan fingerprint density at radius 1 is 1.36 bits per heavy atom. The third kappa shape index (κ3) is 3.56. The number of nitrogens with one attached hydrogen (secondary N) is 1. The molecule has 116 valence electrons. The lowest BCUT2D eigenvalue weighted by atomic mass is 10.2. The van der Waals surface area contributed by atoms with Gasteiger partial charge in [0.25, 0.3) is 0 Å². The van der Waals surface area contributed by atoms with Gasteiger partial charge >= 0.3 is 0 Å². The summed E-state index contributed by atoms with van der Waals surface area (Å²) in [7, 11) is -2.98. The average Bonchev–Trinajstić information content (AvgIpc) is 2.84. The average molecular weight is 337 g/mol. The molecule has 1 aromatic heterocycles. The van der Waals surface area contributed by atoms with Crippen LogP contribution in [0.1, 0.15) is 6.42 Å². The molecule has 22 heavy (non-hydrogen) atoms. The van der Waals surface area contributed by atoms with Gasteiger partial charge in [-0.3, -0.25) is 4.79 Å². The smallest absolute Gasteiger partial charge is 0.230 e. The van der Waals surface area contributed by atoms with Gasteiger partial charge in [0.2, 0.25) is 5.91 Å². The molecular formula is C14H15N3O3S2. The van der Waals surface area contributed by atoms with Crippen molar-refractivity contribution in [1.29, 1.82) is 0 Å². The molecule has 0 spiro atoms. The van der Waals surface area contributed by atoms with Gasteiger partial charge in [-0.2, -0.15) is 5.10 Å². The zero-order chi connectivity index (χ0) is 15.6. The number of nitrogens with zero attached hydrogens (tertiary/aromatic N) is 2. The number of carbonyl (C=O) groups is 1. The molecule has 8 heteroatoms. The predicted octanol–water partition coefficient (Wildman–Crippen LogP) is 1.03. The number of thioether (sulfide) groups is 1. The number of hydrogen-bond acceptors (Lipinski definition) is 6. The summed E-state index contributed by atoms with van der Waals surface area (Å²) in [4.78, 5) is 11.9. The Labute approximate surface area is 132 Å². The van der Waals surface area contributed by atoms with Crippen LogP contribution in [0.3, 0.4) is 0 Å². The van der Waals surface area contributed by atoms with Gasteiger partial charge in [-0.15, -0.1) is 5.10 Å². The molecule has 3 rings (SSSR count). The number of hydrogen-bond donors (Lipinski definition) is 1. The molecule has 1 N–H and O–H groups in total. The molecule has 0 radical (unpaired) electrons. The van der Waals surface area contributed by atoms with Crippen molar-refractivity contribution >= 4 is 38.3 Å². The monoisotopic (exact) mass is 337 g/mol. The molecule has 1 unspecified atom stereocenters. The van der Waals surface area contributed by atoms with Gasteiger partial charge in [0.05, 0.1) is 23.5 Å². The maximum Gasteiger partial charge on any atom is 0.230 e. The fraction of sp³-hybridized carbons (Fsp3) is 0.357. The first kappa shape index (κ1) is 15.2. The summed E-state index contributed by atoms with van der Waals surface area (Å²) in [5.41, 5.74) is 0. The first-order valence-electron chi connectivity index (χ1n) is 6.86. The molecule has 1 aromatic carbocycles.